The van der Waals surface area contributed by atoms with Crippen LogP contribution in [0.1, 0.15) is 16.1 Å². The number of carboxylic acid groups (broad SMARTS) is 1. The number of carboxylic acids is 1. The SMILES string of the molecule is O=C(O)c1ccc(-n2cccc2C=Nc2ccccc2I)cc1. The van der Waals surface area contributed by atoms with Gasteiger partial charge < -0.3 is 9.67 Å². The Morgan fingerprint density at radius 3 is 2.48 bits per heavy atom. The smallest absolute Gasteiger partial charge is 0.335 e. The van der Waals surface area contributed by atoms with Gasteiger partial charge in [-0.15, -0.1) is 0 Å². The van der Waals surface area contributed by atoms with Gasteiger partial charge in [-0.3, -0.25) is 4.99 Å². The number of nitrogens with zero attached hydrogens (tertiary/aromatic N) is 2. The van der Waals surface area contributed by atoms with Crippen molar-refractivity contribution in [2.45, 2.75) is 0 Å². The molecule has 0 saturated heterocycles. The predicted octanol–water partition coefficient (Wildman–Crippen LogP) is 4.53. The van der Waals surface area contributed by atoms with Gasteiger partial charge in [0.1, 0.15) is 0 Å². The molecule has 4 nitrogen and oxygen atoms in total. The second-order valence-corrected chi connectivity index (χ2v) is 6.03. The predicted molar refractivity (Wildman–Crippen MR) is 99.1 cm³/mol. The molecule has 0 fully saturated rings. The Bertz CT molecular complexity index is 867. The maximum atomic E-state index is 10.9. The average Bonchev–Trinajstić information content (AvgIpc) is 3.02. The number of hydrogen-bond donors (Lipinski definition) is 1. The highest BCUT2D eigenvalue weighted by Gasteiger charge is 2.05. The van der Waals surface area contributed by atoms with Crippen LogP contribution in [0.2, 0.25) is 0 Å². The van der Waals surface area contributed by atoms with Crippen LogP contribution in [-0.4, -0.2) is 21.9 Å². The van der Waals surface area contributed by atoms with Gasteiger partial charge in [0, 0.05) is 15.5 Å². The molecule has 0 unspecified atom stereocenters. The number of halogens is 1. The fraction of sp³-hybridized carbons (Fsp3) is 0. The van der Waals surface area contributed by atoms with Gasteiger partial charge >= 0.3 is 5.97 Å². The van der Waals surface area contributed by atoms with E-state index >= 15 is 0 Å². The summed E-state index contributed by atoms with van der Waals surface area (Å²) in [5.41, 5.74) is 3.01. The Kier molecular flexibility index (Phi) is 4.57. The first-order valence-corrected chi connectivity index (χ1v) is 8.03. The lowest BCUT2D eigenvalue weighted by Crippen LogP contribution is -2.00. The number of hydrogen-bond acceptors (Lipinski definition) is 2. The Balaban J connectivity index is 1.90. The Morgan fingerprint density at radius 2 is 1.78 bits per heavy atom. The second kappa shape index (κ2) is 6.78. The number of carbonyl (C=O) groups is 1. The van der Waals surface area contributed by atoms with E-state index in [0.29, 0.717) is 0 Å². The van der Waals surface area contributed by atoms with Gasteiger partial charge in [-0.05, 0) is 71.1 Å². The Hall–Kier alpha value is -2.41. The topological polar surface area (TPSA) is 54.6 Å². The largest absolute Gasteiger partial charge is 0.478 e. The van der Waals surface area contributed by atoms with Crippen molar-refractivity contribution in [3.8, 4) is 5.69 Å². The summed E-state index contributed by atoms with van der Waals surface area (Å²) in [7, 11) is 0. The lowest BCUT2D eigenvalue weighted by Gasteiger charge is -2.06. The minimum atomic E-state index is -0.926. The molecule has 3 rings (SSSR count). The highest BCUT2D eigenvalue weighted by molar-refractivity contribution is 14.1. The zero-order valence-corrected chi connectivity index (χ0v) is 14.2. The number of aromatic nitrogens is 1. The standard InChI is InChI=1S/C18H13IN2O2/c19-16-5-1-2-6-17(16)20-12-15-4-3-11-21(15)14-9-7-13(8-10-14)18(22)23/h1-12H,(H,22,23). The first kappa shape index (κ1) is 15.5. The maximum Gasteiger partial charge on any atom is 0.335 e. The Morgan fingerprint density at radius 1 is 1.04 bits per heavy atom. The third kappa shape index (κ3) is 3.50. The molecule has 0 bridgehead atoms. The van der Waals surface area contributed by atoms with Crippen LogP contribution in [0.15, 0.2) is 71.9 Å². The number of benzene rings is 2. The number of aliphatic imine (C=N–C) groups is 1. The molecule has 5 heteroatoms. The van der Waals surface area contributed by atoms with Crippen LogP contribution in [0.4, 0.5) is 5.69 Å². The second-order valence-electron chi connectivity index (χ2n) is 4.86. The normalized spacial score (nSPS) is 11.0. The molecular formula is C18H13IN2O2. The van der Waals surface area contributed by atoms with Crippen molar-refractivity contribution in [2.24, 2.45) is 4.99 Å². The minimum absolute atomic E-state index is 0.273. The first-order chi connectivity index (χ1) is 11.1. The molecule has 0 aliphatic rings. The van der Waals surface area contributed by atoms with E-state index in [0.717, 1.165) is 20.6 Å². The van der Waals surface area contributed by atoms with Crippen LogP contribution < -0.4 is 0 Å². The maximum absolute atomic E-state index is 10.9. The molecule has 2 aromatic carbocycles. The van der Waals surface area contributed by atoms with E-state index in [2.05, 4.69) is 27.6 Å². The molecule has 0 saturated carbocycles. The fourth-order valence-electron chi connectivity index (χ4n) is 2.19. The van der Waals surface area contributed by atoms with Gasteiger partial charge in [0.05, 0.1) is 23.2 Å². The molecule has 114 valence electrons. The Labute approximate surface area is 147 Å². The van der Waals surface area contributed by atoms with Crippen LogP contribution >= 0.6 is 22.6 Å². The summed E-state index contributed by atoms with van der Waals surface area (Å²) in [6, 6.07) is 18.6. The first-order valence-electron chi connectivity index (χ1n) is 6.95. The van der Waals surface area contributed by atoms with Gasteiger partial charge in [0.2, 0.25) is 0 Å². The van der Waals surface area contributed by atoms with E-state index < -0.39 is 5.97 Å². The summed E-state index contributed by atoms with van der Waals surface area (Å²) in [6.07, 6.45) is 3.73. The van der Waals surface area contributed by atoms with Crippen LogP contribution in [0.5, 0.6) is 0 Å². The summed E-state index contributed by atoms with van der Waals surface area (Å²) in [4.78, 5) is 15.5. The summed E-state index contributed by atoms with van der Waals surface area (Å²) >= 11 is 2.26. The van der Waals surface area contributed by atoms with Crippen molar-refractivity contribution < 1.29 is 9.90 Å². The number of aromatic carboxylic acids is 1. The van der Waals surface area contributed by atoms with Gasteiger partial charge in [-0.25, -0.2) is 4.79 Å². The zero-order chi connectivity index (χ0) is 16.2. The summed E-state index contributed by atoms with van der Waals surface area (Å²) in [5.74, 6) is -0.926. The molecular weight excluding hydrogens is 403 g/mol. The van der Waals surface area contributed by atoms with Crippen LogP contribution in [0.25, 0.3) is 5.69 Å². The molecule has 0 amide bonds. The van der Waals surface area contributed by atoms with E-state index in [1.165, 1.54) is 0 Å². The third-order valence-electron chi connectivity index (χ3n) is 3.36. The molecule has 0 radical (unpaired) electrons. The van der Waals surface area contributed by atoms with E-state index in [-0.39, 0.29) is 5.56 Å². The number of para-hydroxylation sites is 1. The lowest BCUT2D eigenvalue weighted by atomic mass is 10.2. The molecule has 0 aliphatic carbocycles. The van der Waals surface area contributed by atoms with Crippen molar-refractivity contribution in [2.75, 3.05) is 0 Å². The lowest BCUT2D eigenvalue weighted by molar-refractivity contribution is 0.0697. The molecule has 1 heterocycles. The average molecular weight is 416 g/mol. The quantitative estimate of drug-likeness (QED) is 0.502. The van der Waals surface area contributed by atoms with Gasteiger partial charge in [-0.1, -0.05) is 12.1 Å². The summed E-state index contributed by atoms with van der Waals surface area (Å²) in [6.45, 7) is 0. The van der Waals surface area contributed by atoms with Crippen molar-refractivity contribution in [3.63, 3.8) is 0 Å². The molecule has 23 heavy (non-hydrogen) atoms. The highest BCUT2D eigenvalue weighted by Crippen LogP contribution is 2.20. The fourth-order valence-corrected chi connectivity index (χ4v) is 2.72. The zero-order valence-electron chi connectivity index (χ0n) is 12.1. The molecule has 0 spiro atoms. The van der Waals surface area contributed by atoms with E-state index in [9.17, 15) is 4.79 Å². The molecule has 3 aromatic rings. The van der Waals surface area contributed by atoms with Gasteiger partial charge in [0.25, 0.3) is 0 Å². The summed E-state index contributed by atoms with van der Waals surface area (Å²) < 4.78 is 3.05. The van der Waals surface area contributed by atoms with Crippen molar-refractivity contribution in [3.05, 3.63) is 81.7 Å². The van der Waals surface area contributed by atoms with Gasteiger partial charge in [0.15, 0.2) is 0 Å². The number of rotatable bonds is 4. The van der Waals surface area contributed by atoms with Crippen molar-refractivity contribution in [1.29, 1.82) is 0 Å². The monoisotopic (exact) mass is 416 g/mol. The van der Waals surface area contributed by atoms with Crippen molar-refractivity contribution in [1.82, 2.24) is 4.57 Å². The van der Waals surface area contributed by atoms with Crippen LogP contribution in [0.3, 0.4) is 0 Å². The van der Waals surface area contributed by atoms with Crippen molar-refractivity contribution >= 4 is 40.5 Å². The summed E-state index contributed by atoms with van der Waals surface area (Å²) in [5, 5.41) is 8.97. The van der Waals surface area contributed by atoms with E-state index in [1.807, 2.05) is 53.4 Å². The molecule has 1 N–H and O–H groups in total. The molecule has 0 aliphatic heterocycles. The van der Waals surface area contributed by atoms with E-state index in [4.69, 9.17) is 5.11 Å². The van der Waals surface area contributed by atoms with E-state index in [1.54, 1.807) is 24.3 Å². The molecule has 0 atom stereocenters. The van der Waals surface area contributed by atoms with Crippen LogP contribution in [-0.2, 0) is 0 Å². The minimum Gasteiger partial charge on any atom is -0.478 e. The van der Waals surface area contributed by atoms with Gasteiger partial charge in [-0.2, -0.15) is 0 Å². The third-order valence-corrected chi connectivity index (χ3v) is 4.27. The van der Waals surface area contributed by atoms with Crippen LogP contribution in [0, 0.1) is 3.57 Å². The highest BCUT2D eigenvalue weighted by atomic mass is 127. The molecule has 1 aromatic heterocycles.